The number of cyclic esters (lactones) is 1. The van der Waals surface area contributed by atoms with E-state index in [0.717, 1.165) is 50.1 Å². The topological polar surface area (TPSA) is 190 Å². The number of phenols is 1. The van der Waals surface area contributed by atoms with Gasteiger partial charge in [0.2, 0.25) is 17.7 Å². The van der Waals surface area contributed by atoms with Crippen LogP contribution < -0.4 is 10.7 Å². The first-order chi connectivity index (χ1) is 34.8. The molecule has 388 valence electrons. The molecule has 0 spiro atoms. The van der Waals surface area contributed by atoms with Crippen molar-refractivity contribution in [2.75, 3.05) is 40.3 Å². The number of aliphatic hydroxyl groups is 1. The standard InChI is InChI=1S/C57H72N8O8/c1-10-64-47-20-19-37-27-43(47)44(52(64)42-17-13-21-58-50(42)34(2)3)28-57(6,7)33-73-56(72)45-18-14-22-65(60-45)54(70)46(25-36-23-40(37)26-41(67)24-36)59-53(69)51(35(4)5)62(9)49(68)31-61(8)55(71)48-30-63(48)29-38-15-11-12-16-39(38)32-66/h11-13,15-17,19-21,23-24,26-27,34-35,45-46,48,51,60,66-67H,10,14,18,22,25,28-33H2,1-9H3,(H,59,69)/t45-,46-,48+,51-,63?/m0/s1. The molecule has 73 heavy (non-hydrogen) atoms. The van der Waals surface area contributed by atoms with Gasteiger partial charge in [0.15, 0.2) is 0 Å². The molecule has 2 fully saturated rings. The van der Waals surface area contributed by atoms with Gasteiger partial charge in [-0.25, -0.2) is 5.43 Å². The second kappa shape index (κ2) is 21.8. The maximum Gasteiger partial charge on any atom is 0.324 e. The Balaban J connectivity index is 1.10. The first-order valence-electron chi connectivity index (χ1n) is 25.7. The molecule has 5 heterocycles. The lowest BCUT2D eigenvalue weighted by Gasteiger charge is -2.37. The van der Waals surface area contributed by atoms with E-state index in [1.165, 1.54) is 21.9 Å². The number of aliphatic hydroxyl groups excluding tert-OH is 1. The number of aryl methyl sites for hydroxylation is 1. The fraction of sp³-hybridized carbons (Fsp3) is 0.474. The number of fused-ring (bicyclic) bond motifs is 6. The first-order valence-corrected chi connectivity index (χ1v) is 25.7. The van der Waals surface area contributed by atoms with Crippen molar-refractivity contribution in [1.82, 2.24) is 40.0 Å². The Bertz CT molecular complexity index is 2890. The molecular weight excluding hydrogens is 925 g/mol. The fourth-order valence-electron chi connectivity index (χ4n) is 10.7. The number of hydrogen-bond acceptors (Lipinski definition) is 11. The summed E-state index contributed by atoms with van der Waals surface area (Å²) < 4.78 is 8.45. The molecular formula is C57H72N8O8. The number of esters is 1. The summed E-state index contributed by atoms with van der Waals surface area (Å²) in [5, 5.41) is 26.6. The second-order valence-corrected chi connectivity index (χ2v) is 21.6. The molecule has 4 N–H and O–H groups in total. The fourth-order valence-corrected chi connectivity index (χ4v) is 10.7. The number of benzene rings is 3. The van der Waals surface area contributed by atoms with Gasteiger partial charge in [-0.15, -0.1) is 0 Å². The smallest absolute Gasteiger partial charge is 0.324 e. The van der Waals surface area contributed by atoms with Crippen LogP contribution in [0.3, 0.4) is 0 Å². The van der Waals surface area contributed by atoms with Crippen LogP contribution in [0.2, 0.25) is 0 Å². The van der Waals surface area contributed by atoms with Gasteiger partial charge in [0.1, 0.15) is 29.9 Å². The zero-order valence-electron chi connectivity index (χ0n) is 43.8. The lowest BCUT2D eigenvalue weighted by atomic mass is 9.83. The number of phenolic OH excluding ortho intramolecular Hbond substituents is 1. The highest BCUT2D eigenvalue weighted by atomic mass is 16.5. The molecule has 3 aromatic carbocycles. The minimum Gasteiger partial charge on any atom is -0.508 e. The zero-order chi connectivity index (χ0) is 52.5. The second-order valence-electron chi connectivity index (χ2n) is 21.6. The van der Waals surface area contributed by atoms with Gasteiger partial charge in [0.05, 0.1) is 31.1 Å². The average molecular weight is 997 g/mol. The number of likely N-dealkylation sites (N-methyl/N-ethyl adjacent to an activating group) is 2. The van der Waals surface area contributed by atoms with Gasteiger partial charge in [-0.05, 0) is 108 Å². The number of hydrazine groups is 1. The van der Waals surface area contributed by atoms with Crippen molar-refractivity contribution in [3.63, 3.8) is 0 Å². The summed E-state index contributed by atoms with van der Waals surface area (Å²) in [7, 11) is 3.09. The van der Waals surface area contributed by atoms with Crippen LogP contribution in [0.25, 0.3) is 33.3 Å². The highest BCUT2D eigenvalue weighted by Crippen LogP contribution is 2.42. The predicted molar refractivity (Wildman–Crippen MR) is 280 cm³/mol. The van der Waals surface area contributed by atoms with E-state index in [1.807, 2.05) is 67.4 Å². The molecule has 16 nitrogen and oxygen atoms in total. The summed E-state index contributed by atoms with van der Waals surface area (Å²) in [5.74, 6) is -2.50. The van der Waals surface area contributed by atoms with Crippen molar-refractivity contribution in [2.45, 2.75) is 124 Å². The van der Waals surface area contributed by atoms with Gasteiger partial charge < -0.3 is 34.6 Å². The Labute approximate surface area is 428 Å². The molecule has 4 amide bonds. The largest absolute Gasteiger partial charge is 0.508 e. The maximum atomic E-state index is 14.8. The molecule has 0 aliphatic carbocycles. The van der Waals surface area contributed by atoms with E-state index < -0.39 is 59.2 Å². The average Bonchev–Trinajstić information content (AvgIpc) is 4.07. The number of nitrogens with zero attached hydrogens (tertiary/aromatic N) is 6. The van der Waals surface area contributed by atoms with Gasteiger partial charge in [0.25, 0.3) is 5.91 Å². The molecule has 1 unspecified atom stereocenters. The quantitative estimate of drug-likeness (QED) is 0.0779. The number of hydrogen-bond donors (Lipinski definition) is 4. The van der Waals surface area contributed by atoms with Crippen LogP contribution in [0.1, 0.15) is 95.2 Å². The van der Waals surface area contributed by atoms with E-state index in [0.29, 0.717) is 50.0 Å². The number of carbonyl (C=O) groups is 5. The van der Waals surface area contributed by atoms with Crippen LogP contribution in [-0.2, 0) is 61.2 Å². The van der Waals surface area contributed by atoms with Crippen molar-refractivity contribution in [2.24, 2.45) is 11.3 Å². The third-order valence-corrected chi connectivity index (χ3v) is 14.6. The number of carbonyl (C=O) groups excluding carboxylic acids is 5. The Morgan fingerprint density at radius 1 is 0.973 bits per heavy atom. The van der Waals surface area contributed by atoms with Gasteiger partial charge in [-0.3, -0.25) is 38.9 Å². The van der Waals surface area contributed by atoms with Crippen molar-refractivity contribution < 1.29 is 38.9 Å². The van der Waals surface area contributed by atoms with E-state index in [9.17, 15) is 34.2 Å². The summed E-state index contributed by atoms with van der Waals surface area (Å²) in [6.07, 6.45) is 3.30. The number of aromatic hydroxyl groups is 1. The number of ether oxygens (including phenoxy) is 1. The molecule has 5 atom stereocenters. The molecule has 2 saturated heterocycles. The highest BCUT2D eigenvalue weighted by Gasteiger charge is 2.43. The van der Waals surface area contributed by atoms with Crippen molar-refractivity contribution in [1.29, 1.82) is 0 Å². The number of pyridine rings is 1. The van der Waals surface area contributed by atoms with Crippen molar-refractivity contribution >= 4 is 40.5 Å². The monoisotopic (exact) mass is 997 g/mol. The minimum atomic E-state index is -1.20. The first kappa shape index (κ1) is 52.7. The number of aromatic nitrogens is 2. The zero-order valence-corrected chi connectivity index (χ0v) is 43.8. The summed E-state index contributed by atoms with van der Waals surface area (Å²) in [6, 6.07) is 19.6. The van der Waals surface area contributed by atoms with Crippen molar-refractivity contribution in [3.8, 4) is 28.1 Å². The lowest BCUT2D eigenvalue weighted by molar-refractivity contribution is -0.155. The van der Waals surface area contributed by atoms with Crippen molar-refractivity contribution in [3.05, 3.63) is 107 Å². The third kappa shape index (κ3) is 11.5. The Hall–Kier alpha value is -6.62. The Morgan fingerprint density at radius 3 is 2.44 bits per heavy atom. The van der Waals surface area contributed by atoms with Gasteiger partial charge in [-0.2, -0.15) is 0 Å². The minimum absolute atomic E-state index is 0.0168. The Kier molecular flexibility index (Phi) is 15.8. The van der Waals surface area contributed by atoms with Crippen LogP contribution in [-0.4, -0.2) is 134 Å². The molecule has 16 heteroatoms. The molecule has 3 aliphatic rings. The van der Waals surface area contributed by atoms with Crippen LogP contribution in [0, 0.1) is 11.3 Å². The molecule has 8 rings (SSSR count). The van der Waals surface area contributed by atoms with Gasteiger partial charge in [-0.1, -0.05) is 77.9 Å². The normalized spacial score (nSPS) is 20.4. The summed E-state index contributed by atoms with van der Waals surface area (Å²) in [4.78, 5) is 80.5. The lowest BCUT2D eigenvalue weighted by Crippen LogP contribution is -2.62. The van der Waals surface area contributed by atoms with Gasteiger partial charge in [0, 0.05) is 74.8 Å². The number of rotatable bonds is 13. The molecule has 0 radical (unpaired) electrons. The summed E-state index contributed by atoms with van der Waals surface area (Å²) >= 11 is 0. The molecule has 2 aromatic heterocycles. The van der Waals surface area contributed by atoms with Crippen LogP contribution in [0.5, 0.6) is 5.75 Å². The van der Waals surface area contributed by atoms with Gasteiger partial charge >= 0.3 is 5.97 Å². The maximum absolute atomic E-state index is 14.8. The van der Waals surface area contributed by atoms with E-state index in [2.05, 4.69) is 68.1 Å². The number of nitrogens with one attached hydrogen (secondary N) is 2. The summed E-state index contributed by atoms with van der Waals surface area (Å²) in [6.45, 7) is 15.9. The third-order valence-electron chi connectivity index (χ3n) is 14.6. The Morgan fingerprint density at radius 2 is 1.73 bits per heavy atom. The predicted octanol–water partition coefficient (Wildman–Crippen LogP) is 6.19. The SMILES string of the molecule is CCn1c(-c2cccnc2C(C)C)c2c3cc(ccc31)-c1cc(O)cc(c1)C[C@H](NC(=O)[C@H](C(C)C)N(C)C(=O)CN(C)C(=O)[C@H]1CN1Cc1ccccc1CO)C(=O)N1CCC[C@H](N1)C(=O)OCC(C)(C)C2. The van der Waals surface area contributed by atoms with E-state index >= 15 is 0 Å². The molecule has 6 bridgehead atoms. The van der Waals surface area contributed by atoms with Crippen LogP contribution in [0.4, 0.5) is 0 Å². The van der Waals surface area contributed by atoms with Crippen LogP contribution in [0.15, 0.2) is 79.0 Å². The molecule has 3 aliphatic heterocycles. The molecule has 5 aromatic rings. The summed E-state index contributed by atoms with van der Waals surface area (Å²) in [5.41, 5.74) is 11.7. The van der Waals surface area contributed by atoms with E-state index in [-0.39, 0.29) is 50.3 Å². The highest BCUT2D eigenvalue weighted by molar-refractivity contribution is 5.96. The molecule has 0 saturated carbocycles. The van der Waals surface area contributed by atoms with Crippen LogP contribution >= 0.6 is 0 Å². The van der Waals surface area contributed by atoms with E-state index in [4.69, 9.17) is 9.72 Å². The van der Waals surface area contributed by atoms with E-state index in [1.54, 1.807) is 19.2 Å². The number of amides is 4.